The lowest BCUT2D eigenvalue weighted by molar-refractivity contribution is -0.383. The molecule has 0 bridgehead atoms. The molecule has 2 heterocycles. The van der Waals surface area contributed by atoms with Crippen LogP contribution >= 0.6 is 0 Å². The zero-order chi connectivity index (χ0) is 12.7. The van der Waals surface area contributed by atoms with Crippen LogP contribution in [0.1, 0.15) is 0 Å². The van der Waals surface area contributed by atoms with E-state index >= 15 is 0 Å². The molecule has 0 amide bonds. The molecule has 0 aliphatic heterocycles. The SMILES string of the molecule is O=[N+]([O-])c1coc2ccc(-n3c[c]([Al])nn3)cc12. The highest BCUT2D eigenvalue weighted by molar-refractivity contribution is 6.30. The molecule has 0 aliphatic rings. The molecule has 0 atom stereocenters. The predicted octanol–water partition coefficient (Wildman–Crippen LogP) is 0.715. The summed E-state index contributed by atoms with van der Waals surface area (Å²) in [5, 5.41) is 19.0. The number of fused-ring (bicyclic) bond motifs is 1. The van der Waals surface area contributed by atoms with Gasteiger partial charge in [-0.3, -0.25) is 10.1 Å². The molecule has 0 aliphatic carbocycles. The molecule has 18 heavy (non-hydrogen) atoms. The number of hydrogen-bond donors (Lipinski definition) is 0. The second kappa shape index (κ2) is 3.94. The fourth-order valence-electron chi connectivity index (χ4n) is 1.69. The van der Waals surface area contributed by atoms with Crippen LogP contribution in [0.15, 0.2) is 35.1 Å². The van der Waals surface area contributed by atoms with Gasteiger partial charge in [0.2, 0.25) is 16.3 Å². The third-order valence-corrected chi connectivity index (χ3v) is 2.77. The van der Waals surface area contributed by atoms with Crippen molar-refractivity contribution < 1.29 is 9.34 Å². The fraction of sp³-hybridized carbons (Fsp3) is 0. The van der Waals surface area contributed by atoms with Gasteiger partial charge >= 0.3 is 5.69 Å². The third kappa shape index (κ3) is 1.68. The van der Waals surface area contributed by atoms with Crippen molar-refractivity contribution in [3.8, 4) is 5.69 Å². The summed E-state index contributed by atoms with van der Waals surface area (Å²) in [4.78, 5) is 10.4. The Bertz CT molecular complexity index is 749. The van der Waals surface area contributed by atoms with Gasteiger partial charge in [0.25, 0.3) is 0 Å². The Kier molecular flexibility index (Phi) is 2.40. The molecule has 3 rings (SSSR count). The molecular formula is C10H5AlN4O3. The fourth-order valence-corrected chi connectivity index (χ4v) is 1.88. The zero-order valence-electron chi connectivity index (χ0n) is 8.98. The van der Waals surface area contributed by atoms with E-state index in [9.17, 15) is 10.1 Å². The van der Waals surface area contributed by atoms with Gasteiger partial charge < -0.3 is 4.42 Å². The van der Waals surface area contributed by atoms with Gasteiger partial charge in [-0.2, -0.15) is 5.10 Å². The highest BCUT2D eigenvalue weighted by Gasteiger charge is 2.16. The minimum Gasteiger partial charge on any atom is -0.457 e. The molecule has 0 fully saturated rings. The van der Waals surface area contributed by atoms with E-state index in [-0.39, 0.29) is 5.69 Å². The first-order chi connectivity index (χ1) is 8.65. The van der Waals surface area contributed by atoms with E-state index < -0.39 is 4.92 Å². The molecule has 2 radical (unpaired) electrons. The lowest BCUT2D eigenvalue weighted by Crippen LogP contribution is -2.00. The van der Waals surface area contributed by atoms with E-state index in [0.29, 0.717) is 21.2 Å². The van der Waals surface area contributed by atoms with Gasteiger partial charge in [-0.05, 0) is 22.8 Å². The number of benzene rings is 1. The van der Waals surface area contributed by atoms with Crippen LogP contribution in [0.25, 0.3) is 16.7 Å². The smallest absolute Gasteiger partial charge is 0.315 e. The average Bonchev–Trinajstić information content (AvgIpc) is 2.93. The van der Waals surface area contributed by atoms with E-state index in [1.807, 2.05) is 0 Å². The molecule has 7 nitrogen and oxygen atoms in total. The molecule has 0 saturated carbocycles. The Morgan fingerprint density at radius 1 is 1.44 bits per heavy atom. The van der Waals surface area contributed by atoms with E-state index in [1.165, 1.54) is 0 Å². The first-order valence-corrected chi connectivity index (χ1v) is 5.57. The van der Waals surface area contributed by atoms with Crippen LogP contribution in [0.2, 0.25) is 0 Å². The minimum atomic E-state index is -0.474. The molecule has 0 saturated heterocycles. The van der Waals surface area contributed by atoms with Crippen LogP contribution in [0, 0.1) is 10.1 Å². The Balaban J connectivity index is 2.20. The Morgan fingerprint density at radius 2 is 2.28 bits per heavy atom. The van der Waals surface area contributed by atoms with Crippen LogP contribution < -0.4 is 4.56 Å². The average molecular weight is 256 g/mol. The van der Waals surface area contributed by atoms with Gasteiger partial charge in [0.1, 0.15) is 11.0 Å². The molecule has 0 unspecified atom stereocenters. The summed E-state index contributed by atoms with van der Waals surface area (Å²) in [6.45, 7) is 0. The van der Waals surface area contributed by atoms with Crippen LogP contribution in [0.5, 0.6) is 0 Å². The number of nitrogens with zero attached hydrogens (tertiary/aromatic N) is 4. The van der Waals surface area contributed by atoms with E-state index in [1.54, 1.807) is 29.1 Å². The highest BCUT2D eigenvalue weighted by Crippen LogP contribution is 2.29. The van der Waals surface area contributed by atoms with Gasteiger partial charge in [0.15, 0.2) is 6.26 Å². The third-order valence-electron chi connectivity index (χ3n) is 2.51. The first kappa shape index (κ1) is 11.0. The maximum Gasteiger partial charge on any atom is 0.315 e. The van der Waals surface area contributed by atoms with Gasteiger partial charge in [-0.25, -0.2) is 4.68 Å². The van der Waals surface area contributed by atoms with Gasteiger partial charge in [0, 0.05) is 6.20 Å². The number of hydrogen-bond acceptors (Lipinski definition) is 5. The molecule has 0 N–H and O–H groups in total. The molecule has 2 aromatic heterocycles. The largest absolute Gasteiger partial charge is 0.457 e. The van der Waals surface area contributed by atoms with E-state index in [2.05, 4.69) is 26.6 Å². The normalized spacial score (nSPS) is 10.9. The Labute approximate surface area is 109 Å². The van der Waals surface area contributed by atoms with Crippen LogP contribution in [-0.2, 0) is 0 Å². The van der Waals surface area contributed by atoms with Crippen LogP contribution in [0.3, 0.4) is 0 Å². The summed E-state index contributed by atoms with van der Waals surface area (Å²) < 4.78 is 7.35. The topological polar surface area (TPSA) is 87.0 Å². The van der Waals surface area contributed by atoms with Crippen molar-refractivity contribution in [3.63, 3.8) is 0 Å². The van der Waals surface area contributed by atoms with Crippen molar-refractivity contribution in [1.29, 1.82) is 0 Å². The molecule has 1 aromatic carbocycles. The summed E-state index contributed by atoms with van der Waals surface area (Å²) in [6.07, 6.45) is 2.84. The second-order valence-corrected chi connectivity index (χ2v) is 4.24. The monoisotopic (exact) mass is 256 g/mol. The predicted molar refractivity (Wildman–Crippen MR) is 63.2 cm³/mol. The molecule has 86 valence electrons. The van der Waals surface area contributed by atoms with Gasteiger partial charge in [-0.15, -0.1) is 0 Å². The maximum absolute atomic E-state index is 10.8. The molecule has 0 spiro atoms. The second-order valence-electron chi connectivity index (χ2n) is 3.65. The van der Waals surface area contributed by atoms with Crippen LogP contribution in [0.4, 0.5) is 5.69 Å². The van der Waals surface area contributed by atoms with Crippen molar-refractivity contribution in [1.82, 2.24) is 15.0 Å². The first-order valence-electron chi connectivity index (χ1n) is 4.99. The van der Waals surface area contributed by atoms with Crippen LogP contribution in [-0.4, -0.2) is 36.2 Å². The maximum atomic E-state index is 10.8. The number of aromatic nitrogens is 3. The Morgan fingerprint density at radius 3 is 2.94 bits per heavy atom. The van der Waals surface area contributed by atoms with Crippen molar-refractivity contribution in [2.24, 2.45) is 0 Å². The van der Waals surface area contributed by atoms with Gasteiger partial charge in [0.05, 0.1) is 10.6 Å². The summed E-state index contributed by atoms with van der Waals surface area (Å²) >= 11 is 2.43. The number of rotatable bonds is 2. The molecular weight excluding hydrogens is 251 g/mol. The number of furan rings is 1. The lowest BCUT2D eigenvalue weighted by Gasteiger charge is -1.99. The molecule has 8 heteroatoms. The summed E-state index contributed by atoms with van der Waals surface area (Å²) in [6, 6.07) is 5.08. The number of nitro groups is 1. The van der Waals surface area contributed by atoms with Crippen molar-refractivity contribution in [3.05, 3.63) is 40.8 Å². The highest BCUT2D eigenvalue weighted by atomic mass is 27.0. The Hall–Kier alpha value is -2.17. The van der Waals surface area contributed by atoms with Crippen molar-refractivity contribution in [2.45, 2.75) is 0 Å². The van der Waals surface area contributed by atoms with E-state index in [0.717, 1.165) is 6.26 Å². The summed E-state index contributed by atoms with van der Waals surface area (Å²) in [5.41, 5.74) is 1.10. The van der Waals surface area contributed by atoms with E-state index in [4.69, 9.17) is 4.42 Å². The standard InChI is InChI=1S/C10H5N4O3.Al/c15-14(16)9-6-17-10-2-1-7(5-8(9)10)13-4-3-11-12-13;/h1-2,4-6H;. The van der Waals surface area contributed by atoms with Crippen molar-refractivity contribution >= 4 is 37.5 Å². The lowest BCUT2D eigenvalue weighted by atomic mass is 10.2. The minimum absolute atomic E-state index is 0.0573. The van der Waals surface area contributed by atoms with Crippen molar-refractivity contribution in [2.75, 3.05) is 0 Å². The summed E-state index contributed by atoms with van der Waals surface area (Å²) in [7, 11) is 0. The van der Waals surface area contributed by atoms with Gasteiger partial charge in [-0.1, -0.05) is 5.21 Å². The quantitative estimate of drug-likeness (QED) is 0.383. The summed E-state index contributed by atoms with van der Waals surface area (Å²) in [5.74, 6) is 0. The molecule has 3 aromatic rings. The zero-order valence-corrected chi connectivity index (χ0v) is 10.1.